The molecular formula is C17H20BrNOS. The van der Waals surface area contributed by atoms with E-state index in [0.29, 0.717) is 0 Å². The van der Waals surface area contributed by atoms with E-state index in [1.807, 2.05) is 39.1 Å². The molecule has 0 amide bonds. The number of carbonyl (C=O) groups is 1. The van der Waals surface area contributed by atoms with Gasteiger partial charge in [-0.15, -0.1) is 11.3 Å². The summed E-state index contributed by atoms with van der Waals surface area (Å²) < 4.78 is 1.12. The van der Waals surface area contributed by atoms with Crippen LogP contribution in [0.5, 0.6) is 0 Å². The second-order valence-electron chi connectivity index (χ2n) is 5.51. The third-order valence-electron chi connectivity index (χ3n) is 3.89. The van der Waals surface area contributed by atoms with Crippen LogP contribution in [0.3, 0.4) is 0 Å². The highest BCUT2D eigenvalue weighted by Gasteiger charge is 2.20. The van der Waals surface area contributed by atoms with E-state index in [-0.39, 0.29) is 11.8 Å². The molecule has 1 unspecified atom stereocenters. The number of hydrogen-bond donors (Lipinski definition) is 0. The van der Waals surface area contributed by atoms with Gasteiger partial charge >= 0.3 is 0 Å². The molecule has 0 radical (unpaired) electrons. The summed E-state index contributed by atoms with van der Waals surface area (Å²) in [6.45, 7) is 6.86. The van der Waals surface area contributed by atoms with Crippen molar-refractivity contribution in [2.45, 2.75) is 33.4 Å². The van der Waals surface area contributed by atoms with Crippen LogP contribution in [-0.4, -0.2) is 23.8 Å². The van der Waals surface area contributed by atoms with Crippen molar-refractivity contribution in [2.75, 3.05) is 7.05 Å². The second kappa shape index (κ2) is 6.86. The zero-order chi connectivity index (χ0) is 15.6. The number of rotatable bonds is 5. The standard InChI is InChI=1S/C17H20BrNOS/c1-11-5-6-15(7-12(11)2)17(20)13(3)19(4)9-14-8-16(18)21-10-14/h5-8,10,13H,9H2,1-4H3. The Kier molecular flexibility index (Phi) is 5.36. The van der Waals surface area contributed by atoms with E-state index >= 15 is 0 Å². The number of thiophene rings is 1. The molecule has 0 aliphatic rings. The fourth-order valence-electron chi connectivity index (χ4n) is 2.19. The highest BCUT2D eigenvalue weighted by molar-refractivity contribution is 9.11. The van der Waals surface area contributed by atoms with Gasteiger partial charge in [-0.25, -0.2) is 0 Å². The van der Waals surface area contributed by atoms with Crippen LogP contribution < -0.4 is 0 Å². The predicted molar refractivity (Wildman–Crippen MR) is 93.2 cm³/mol. The van der Waals surface area contributed by atoms with Gasteiger partial charge in [-0.3, -0.25) is 9.69 Å². The average molecular weight is 366 g/mol. The lowest BCUT2D eigenvalue weighted by atomic mass is 9.99. The van der Waals surface area contributed by atoms with Crippen LogP contribution in [0.2, 0.25) is 0 Å². The molecule has 0 fully saturated rings. The Hall–Kier alpha value is -0.970. The summed E-state index contributed by atoms with van der Waals surface area (Å²) in [5, 5.41) is 2.12. The Bertz CT molecular complexity index is 650. The SMILES string of the molecule is Cc1ccc(C(=O)C(C)N(C)Cc2csc(Br)c2)cc1C. The summed E-state index contributed by atoms with van der Waals surface area (Å²) in [7, 11) is 2.00. The molecule has 2 rings (SSSR count). The molecule has 0 saturated heterocycles. The number of hydrogen-bond acceptors (Lipinski definition) is 3. The molecular weight excluding hydrogens is 346 g/mol. The monoisotopic (exact) mass is 365 g/mol. The van der Waals surface area contributed by atoms with Crippen molar-refractivity contribution in [3.05, 3.63) is 55.7 Å². The third-order valence-corrected chi connectivity index (χ3v) is 5.44. The summed E-state index contributed by atoms with van der Waals surface area (Å²) in [5.74, 6) is 0.176. The number of nitrogens with zero attached hydrogens (tertiary/aromatic N) is 1. The minimum atomic E-state index is -0.134. The van der Waals surface area contributed by atoms with E-state index in [1.165, 1.54) is 11.1 Å². The number of halogens is 1. The smallest absolute Gasteiger partial charge is 0.179 e. The van der Waals surface area contributed by atoms with Crippen LogP contribution in [0, 0.1) is 13.8 Å². The van der Waals surface area contributed by atoms with E-state index in [1.54, 1.807) is 11.3 Å². The molecule has 0 aliphatic heterocycles. The van der Waals surface area contributed by atoms with Crippen molar-refractivity contribution >= 4 is 33.0 Å². The Morgan fingerprint density at radius 2 is 2.00 bits per heavy atom. The molecule has 1 heterocycles. The lowest BCUT2D eigenvalue weighted by Crippen LogP contribution is -2.35. The summed E-state index contributed by atoms with van der Waals surface area (Å²) >= 11 is 5.14. The molecule has 1 aromatic carbocycles. The Labute approximate surface area is 138 Å². The maximum atomic E-state index is 12.6. The van der Waals surface area contributed by atoms with Crippen molar-refractivity contribution in [3.63, 3.8) is 0 Å². The van der Waals surface area contributed by atoms with E-state index in [0.717, 1.165) is 21.5 Å². The summed E-state index contributed by atoms with van der Waals surface area (Å²) in [6.07, 6.45) is 0. The lowest BCUT2D eigenvalue weighted by Gasteiger charge is -2.23. The Morgan fingerprint density at radius 3 is 2.57 bits per heavy atom. The number of ketones is 1. The molecule has 0 N–H and O–H groups in total. The maximum Gasteiger partial charge on any atom is 0.179 e. The number of likely N-dealkylation sites (N-methyl/N-ethyl adjacent to an activating group) is 1. The van der Waals surface area contributed by atoms with Crippen molar-refractivity contribution < 1.29 is 4.79 Å². The molecule has 2 nitrogen and oxygen atoms in total. The minimum Gasteiger partial charge on any atom is -0.292 e. The number of Topliss-reactive ketones (excluding diaryl/α,β-unsaturated/α-hetero) is 1. The maximum absolute atomic E-state index is 12.6. The van der Waals surface area contributed by atoms with Gasteiger partial charge in [0, 0.05) is 12.1 Å². The Balaban J connectivity index is 2.08. The van der Waals surface area contributed by atoms with Crippen LogP contribution in [0.4, 0.5) is 0 Å². The summed E-state index contributed by atoms with van der Waals surface area (Å²) in [5.41, 5.74) is 4.41. The highest BCUT2D eigenvalue weighted by atomic mass is 79.9. The second-order valence-corrected chi connectivity index (χ2v) is 7.80. The summed E-state index contributed by atoms with van der Waals surface area (Å²) in [6, 6.07) is 7.91. The molecule has 0 bridgehead atoms. The molecule has 0 aliphatic carbocycles. The fourth-order valence-corrected chi connectivity index (χ4v) is 3.39. The van der Waals surface area contributed by atoms with Gasteiger partial charge in [0.05, 0.1) is 9.83 Å². The lowest BCUT2D eigenvalue weighted by molar-refractivity contribution is 0.0862. The molecule has 112 valence electrons. The first-order valence-corrected chi connectivity index (χ1v) is 8.60. The number of benzene rings is 1. The van der Waals surface area contributed by atoms with Crippen molar-refractivity contribution in [1.82, 2.24) is 4.90 Å². The molecule has 0 spiro atoms. The molecule has 21 heavy (non-hydrogen) atoms. The van der Waals surface area contributed by atoms with Crippen LogP contribution >= 0.6 is 27.3 Å². The van der Waals surface area contributed by atoms with Gasteiger partial charge in [-0.2, -0.15) is 0 Å². The first-order valence-electron chi connectivity index (χ1n) is 6.93. The van der Waals surface area contributed by atoms with Gasteiger partial charge in [-0.1, -0.05) is 12.1 Å². The summed E-state index contributed by atoms with van der Waals surface area (Å²) in [4.78, 5) is 14.7. The van der Waals surface area contributed by atoms with Gasteiger partial charge in [0.25, 0.3) is 0 Å². The first kappa shape index (κ1) is 16.4. The highest BCUT2D eigenvalue weighted by Crippen LogP contribution is 2.22. The minimum absolute atomic E-state index is 0.134. The Morgan fingerprint density at radius 1 is 1.29 bits per heavy atom. The van der Waals surface area contributed by atoms with Crippen LogP contribution in [0.15, 0.2) is 33.4 Å². The number of aryl methyl sites for hydroxylation is 2. The molecule has 4 heteroatoms. The van der Waals surface area contributed by atoms with E-state index in [4.69, 9.17) is 0 Å². The molecule has 2 aromatic rings. The largest absolute Gasteiger partial charge is 0.292 e. The van der Waals surface area contributed by atoms with E-state index in [2.05, 4.69) is 39.2 Å². The first-order chi connectivity index (χ1) is 9.88. The van der Waals surface area contributed by atoms with Gasteiger partial charge < -0.3 is 0 Å². The fraction of sp³-hybridized carbons (Fsp3) is 0.353. The van der Waals surface area contributed by atoms with Crippen LogP contribution in [-0.2, 0) is 6.54 Å². The van der Waals surface area contributed by atoms with Crippen molar-refractivity contribution in [3.8, 4) is 0 Å². The molecule has 0 saturated carbocycles. The van der Waals surface area contributed by atoms with Crippen molar-refractivity contribution in [1.29, 1.82) is 0 Å². The van der Waals surface area contributed by atoms with E-state index < -0.39 is 0 Å². The van der Waals surface area contributed by atoms with E-state index in [9.17, 15) is 4.79 Å². The predicted octanol–water partition coefficient (Wildman–Crippen LogP) is 4.83. The van der Waals surface area contributed by atoms with Gasteiger partial charge in [0.2, 0.25) is 0 Å². The normalized spacial score (nSPS) is 12.7. The topological polar surface area (TPSA) is 20.3 Å². The molecule has 1 atom stereocenters. The zero-order valence-electron chi connectivity index (χ0n) is 12.8. The van der Waals surface area contributed by atoms with Gasteiger partial charge in [0.1, 0.15) is 0 Å². The quantitative estimate of drug-likeness (QED) is 0.707. The third kappa shape index (κ3) is 4.02. The average Bonchev–Trinajstić information content (AvgIpc) is 2.85. The van der Waals surface area contributed by atoms with Gasteiger partial charge in [0.15, 0.2) is 5.78 Å². The molecule has 1 aromatic heterocycles. The van der Waals surface area contributed by atoms with Crippen molar-refractivity contribution in [2.24, 2.45) is 0 Å². The zero-order valence-corrected chi connectivity index (χ0v) is 15.2. The van der Waals surface area contributed by atoms with Crippen LogP contribution in [0.25, 0.3) is 0 Å². The number of carbonyl (C=O) groups excluding carboxylic acids is 1. The van der Waals surface area contributed by atoms with Gasteiger partial charge in [-0.05, 0) is 78.0 Å². The van der Waals surface area contributed by atoms with Crippen LogP contribution in [0.1, 0.15) is 34.0 Å².